The summed E-state index contributed by atoms with van der Waals surface area (Å²) in [5.41, 5.74) is 1.13. The molecule has 1 aromatic carbocycles. The van der Waals surface area contributed by atoms with Crippen LogP contribution in [-0.4, -0.2) is 50.8 Å². The minimum Gasteiger partial charge on any atom is -0.469 e. The highest BCUT2D eigenvalue weighted by Gasteiger charge is 2.47. The highest BCUT2D eigenvalue weighted by atomic mass is 32.1. The van der Waals surface area contributed by atoms with Gasteiger partial charge in [-0.15, -0.1) is 0 Å². The van der Waals surface area contributed by atoms with E-state index in [1.807, 2.05) is 29.2 Å². The predicted octanol–water partition coefficient (Wildman–Crippen LogP) is 2.54. The van der Waals surface area contributed by atoms with Crippen LogP contribution in [0.15, 0.2) is 24.3 Å². The molecular weight excluding hydrogens is 382 g/mol. The average Bonchev–Trinajstić information content (AvgIpc) is 2.96. The Bertz CT molecular complexity index is 743. The Balaban J connectivity index is 2.40. The number of nitrogens with zero attached hydrogens (tertiary/aromatic N) is 1. The number of anilines is 1. The molecule has 0 saturated heterocycles. The Kier molecular flexibility index (Phi) is 7.51. The molecule has 152 valence electrons. The number of carbonyl (C=O) groups is 3. The number of hydrogen-bond acceptors (Lipinski definition) is 7. The summed E-state index contributed by atoms with van der Waals surface area (Å²) in [4.78, 5) is 37.8. The molecule has 0 atom stereocenters. The van der Waals surface area contributed by atoms with Gasteiger partial charge in [0, 0.05) is 30.5 Å². The molecule has 7 nitrogen and oxygen atoms in total. The maximum absolute atomic E-state index is 11.8. The van der Waals surface area contributed by atoms with E-state index in [0.717, 1.165) is 11.3 Å². The predicted molar refractivity (Wildman–Crippen MR) is 107 cm³/mol. The summed E-state index contributed by atoms with van der Waals surface area (Å²) in [5, 5.41) is 0. The lowest BCUT2D eigenvalue weighted by Crippen LogP contribution is -2.40. The second kappa shape index (κ2) is 9.64. The lowest BCUT2D eigenvalue weighted by atomic mass is 9.74. The molecular formula is C20H25NO6S. The van der Waals surface area contributed by atoms with Gasteiger partial charge in [-0.3, -0.25) is 14.4 Å². The summed E-state index contributed by atoms with van der Waals surface area (Å²) in [5.74, 6) is -1.02. The van der Waals surface area contributed by atoms with Gasteiger partial charge in [-0.1, -0.05) is 30.4 Å². The number of para-hydroxylation sites is 1. The number of carbonyl (C=O) groups excluding carboxylic acids is 3. The van der Waals surface area contributed by atoms with Gasteiger partial charge in [-0.25, -0.2) is 0 Å². The molecule has 0 saturated carbocycles. The summed E-state index contributed by atoms with van der Waals surface area (Å²) in [7, 11) is 4.02. The van der Waals surface area contributed by atoms with Gasteiger partial charge in [0.1, 0.15) is 0 Å². The number of fused-ring (bicyclic) bond motifs is 1. The number of rotatable bonds is 9. The molecule has 0 aromatic heterocycles. The first-order chi connectivity index (χ1) is 13.4. The second-order valence-electron chi connectivity index (χ2n) is 6.53. The zero-order valence-electron chi connectivity index (χ0n) is 16.4. The molecule has 0 radical (unpaired) electrons. The Morgan fingerprint density at radius 2 is 1.39 bits per heavy atom. The van der Waals surface area contributed by atoms with Crippen LogP contribution in [0, 0.1) is 0 Å². The van der Waals surface area contributed by atoms with Crippen LogP contribution in [0.4, 0.5) is 5.69 Å². The monoisotopic (exact) mass is 407 g/mol. The molecule has 1 heterocycles. The Morgan fingerprint density at radius 1 is 0.893 bits per heavy atom. The van der Waals surface area contributed by atoms with Crippen LogP contribution in [-0.2, 0) is 34.0 Å². The first-order valence-electron chi connectivity index (χ1n) is 9.01. The quantitative estimate of drug-likeness (QED) is 0.351. The van der Waals surface area contributed by atoms with Gasteiger partial charge < -0.3 is 19.1 Å². The van der Waals surface area contributed by atoms with Crippen molar-refractivity contribution in [2.45, 2.75) is 37.5 Å². The van der Waals surface area contributed by atoms with Crippen LogP contribution < -0.4 is 4.90 Å². The van der Waals surface area contributed by atoms with Crippen molar-refractivity contribution < 1.29 is 28.6 Å². The molecule has 2 rings (SSSR count). The van der Waals surface area contributed by atoms with Crippen LogP contribution in [0.3, 0.4) is 0 Å². The highest BCUT2D eigenvalue weighted by Crippen LogP contribution is 2.48. The van der Waals surface area contributed by atoms with Crippen molar-refractivity contribution in [1.82, 2.24) is 0 Å². The molecule has 0 spiro atoms. The summed E-state index contributed by atoms with van der Waals surface area (Å²) in [6, 6.07) is 7.67. The molecule has 0 unspecified atom stereocenters. The smallest absolute Gasteiger partial charge is 0.307 e. The first-order valence-corrected chi connectivity index (χ1v) is 9.42. The third kappa shape index (κ3) is 4.49. The van der Waals surface area contributed by atoms with E-state index in [9.17, 15) is 14.4 Å². The fourth-order valence-electron chi connectivity index (χ4n) is 3.57. The first kappa shape index (κ1) is 21.8. The summed E-state index contributed by atoms with van der Waals surface area (Å²) in [6.07, 6.45) is 1.31. The molecule has 1 aliphatic rings. The molecule has 0 N–H and O–H groups in total. The number of benzene rings is 1. The third-order valence-corrected chi connectivity index (χ3v) is 5.71. The lowest BCUT2D eigenvalue weighted by molar-refractivity contribution is -0.141. The van der Waals surface area contributed by atoms with Gasteiger partial charge in [0.15, 0.2) is 0 Å². The van der Waals surface area contributed by atoms with E-state index in [1.165, 1.54) is 21.3 Å². The Hall–Kier alpha value is -2.48. The minimum absolute atomic E-state index is 0.164. The van der Waals surface area contributed by atoms with Gasteiger partial charge in [0.25, 0.3) is 0 Å². The van der Waals surface area contributed by atoms with Crippen molar-refractivity contribution in [1.29, 1.82) is 0 Å². The SMILES string of the molecule is COC(=O)CCN1C(=S)C(CCC(=O)OC)(CCC(=O)OC)c2ccccc21. The summed E-state index contributed by atoms with van der Waals surface area (Å²) >= 11 is 5.81. The number of ether oxygens (including phenoxy) is 3. The molecule has 0 bridgehead atoms. The van der Waals surface area contributed by atoms with Crippen LogP contribution in [0.5, 0.6) is 0 Å². The molecule has 0 amide bonds. The standard InChI is InChI=1S/C20H25NO6S/c1-25-16(22)8-11-20(12-9-17(23)26-2)14-6-4-5-7-15(14)21(19(20)28)13-10-18(24)27-3/h4-7H,8-13H2,1-3H3. The van der Waals surface area contributed by atoms with Gasteiger partial charge >= 0.3 is 17.9 Å². The molecule has 28 heavy (non-hydrogen) atoms. The zero-order valence-corrected chi connectivity index (χ0v) is 17.2. The topological polar surface area (TPSA) is 82.1 Å². The van der Waals surface area contributed by atoms with Crippen LogP contribution in [0.25, 0.3) is 0 Å². The average molecular weight is 407 g/mol. The van der Waals surface area contributed by atoms with E-state index in [-0.39, 0.29) is 37.2 Å². The maximum atomic E-state index is 11.8. The molecule has 0 aliphatic carbocycles. The molecule has 1 aliphatic heterocycles. The fourth-order valence-corrected chi connectivity index (χ4v) is 4.07. The number of thiocarbonyl (C=S) groups is 1. The largest absolute Gasteiger partial charge is 0.469 e. The van der Waals surface area contributed by atoms with E-state index in [2.05, 4.69) is 0 Å². The molecule has 8 heteroatoms. The van der Waals surface area contributed by atoms with Crippen molar-refractivity contribution >= 4 is 40.8 Å². The summed E-state index contributed by atoms with van der Waals surface area (Å²) in [6.45, 7) is 0.362. The van der Waals surface area contributed by atoms with E-state index in [0.29, 0.717) is 24.4 Å². The second-order valence-corrected chi connectivity index (χ2v) is 6.92. The number of esters is 3. The molecule has 0 fully saturated rings. The van der Waals surface area contributed by atoms with Crippen molar-refractivity contribution in [3.8, 4) is 0 Å². The fraction of sp³-hybridized carbons (Fsp3) is 0.500. The Labute approximate surface area is 169 Å². The van der Waals surface area contributed by atoms with Gasteiger partial charge in [-0.05, 0) is 24.5 Å². The third-order valence-electron chi connectivity index (χ3n) is 5.10. The van der Waals surface area contributed by atoms with Crippen LogP contribution >= 0.6 is 12.2 Å². The number of hydrogen-bond donors (Lipinski definition) is 0. The van der Waals surface area contributed by atoms with Crippen LogP contribution in [0.1, 0.15) is 37.7 Å². The van der Waals surface area contributed by atoms with E-state index >= 15 is 0 Å². The van der Waals surface area contributed by atoms with E-state index in [4.69, 9.17) is 26.4 Å². The normalized spacial score (nSPS) is 14.4. The van der Waals surface area contributed by atoms with Crippen molar-refractivity contribution in [3.05, 3.63) is 29.8 Å². The van der Waals surface area contributed by atoms with Gasteiger partial charge in [-0.2, -0.15) is 0 Å². The number of methoxy groups -OCH3 is 3. The van der Waals surface area contributed by atoms with Gasteiger partial charge in [0.2, 0.25) is 0 Å². The van der Waals surface area contributed by atoms with E-state index < -0.39 is 5.41 Å². The maximum Gasteiger partial charge on any atom is 0.307 e. The van der Waals surface area contributed by atoms with Crippen molar-refractivity contribution in [2.24, 2.45) is 0 Å². The molecule has 1 aromatic rings. The van der Waals surface area contributed by atoms with Crippen molar-refractivity contribution in [3.63, 3.8) is 0 Å². The zero-order chi connectivity index (χ0) is 20.7. The van der Waals surface area contributed by atoms with E-state index in [1.54, 1.807) is 0 Å². The minimum atomic E-state index is -0.690. The van der Waals surface area contributed by atoms with Crippen molar-refractivity contribution in [2.75, 3.05) is 32.8 Å². The summed E-state index contributed by atoms with van der Waals surface area (Å²) < 4.78 is 14.3. The van der Waals surface area contributed by atoms with Gasteiger partial charge in [0.05, 0.1) is 32.7 Å². The lowest BCUT2D eigenvalue weighted by Gasteiger charge is -2.31. The van der Waals surface area contributed by atoms with Crippen LogP contribution in [0.2, 0.25) is 0 Å². The highest BCUT2D eigenvalue weighted by molar-refractivity contribution is 7.80. The Morgan fingerprint density at radius 3 is 1.93 bits per heavy atom.